The molecule has 92 valence electrons. The average molecular weight is 374 g/mol. The van der Waals surface area contributed by atoms with Gasteiger partial charge in [-0.2, -0.15) is 0 Å². The van der Waals surface area contributed by atoms with Crippen LogP contribution >= 0.6 is 34.2 Å². The van der Waals surface area contributed by atoms with Gasteiger partial charge in [0.25, 0.3) is 5.91 Å². The largest absolute Gasteiger partial charge is 0.382 e. The number of hydrogen-bond acceptors (Lipinski definition) is 3. The standard InChI is InChI=1S/C12H9ClIN3O/c13-8-5-7(6-16-11(8)15)12(18)17-10-4-2-1-3-9(10)14/h1-6H,(H2,15,16)(H,17,18). The van der Waals surface area contributed by atoms with Crippen LogP contribution in [0.25, 0.3) is 0 Å². The van der Waals surface area contributed by atoms with Crippen molar-refractivity contribution in [1.82, 2.24) is 4.98 Å². The second-order valence-corrected chi connectivity index (χ2v) is 5.09. The minimum absolute atomic E-state index is 0.211. The molecule has 1 aromatic carbocycles. The number of hydrogen-bond donors (Lipinski definition) is 2. The Labute approximate surface area is 123 Å². The van der Waals surface area contributed by atoms with Gasteiger partial charge in [0.05, 0.1) is 16.3 Å². The maximum Gasteiger partial charge on any atom is 0.257 e. The lowest BCUT2D eigenvalue weighted by Gasteiger charge is -2.07. The molecule has 0 unspecified atom stereocenters. The van der Waals surface area contributed by atoms with E-state index < -0.39 is 0 Å². The number of benzene rings is 1. The van der Waals surface area contributed by atoms with E-state index in [-0.39, 0.29) is 16.7 Å². The number of carbonyl (C=O) groups excluding carboxylic acids is 1. The highest BCUT2D eigenvalue weighted by atomic mass is 127. The Morgan fingerprint density at radius 1 is 1.39 bits per heavy atom. The number of aromatic nitrogens is 1. The molecule has 0 aliphatic carbocycles. The second kappa shape index (κ2) is 5.53. The first-order valence-corrected chi connectivity index (χ1v) is 6.50. The summed E-state index contributed by atoms with van der Waals surface area (Å²) in [4.78, 5) is 15.8. The van der Waals surface area contributed by atoms with Crippen molar-refractivity contribution in [1.29, 1.82) is 0 Å². The number of para-hydroxylation sites is 1. The van der Waals surface area contributed by atoms with Gasteiger partial charge in [-0.25, -0.2) is 4.98 Å². The van der Waals surface area contributed by atoms with Gasteiger partial charge in [-0.3, -0.25) is 4.79 Å². The Balaban J connectivity index is 2.22. The first-order valence-electron chi connectivity index (χ1n) is 5.05. The van der Waals surface area contributed by atoms with Crippen molar-refractivity contribution in [2.45, 2.75) is 0 Å². The van der Waals surface area contributed by atoms with Crippen LogP contribution in [0.15, 0.2) is 36.5 Å². The van der Waals surface area contributed by atoms with E-state index in [4.69, 9.17) is 17.3 Å². The number of nitrogens with zero attached hydrogens (tertiary/aromatic N) is 1. The van der Waals surface area contributed by atoms with Crippen LogP contribution in [0.1, 0.15) is 10.4 Å². The van der Waals surface area contributed by atoms with Crippen molar-refractivity contribution in [3.8, 4) is 0 Å². The lowest BCUT2D eigenvalue weighted by atomic mass is 10.2. The molecule has 1 heterocycles. The highest BCUT2D eigenvalue weighted by molar-refractivity contribution is 14.1. The van der Waals surface area contributed by atoms with E-state index in [9.17, 15) is 4.79 Å². The predicted molar refractivity (Wildman–Crippen MR) is 80.8 cm³/mol. The van der Waals surface area contributed by atoms with Crippen LogP contribution in [-0.2, 0) is 0 Å². The Hall–Kier alpha value is -1.34. The molecule has 2 aromatic rings. The number of carbonyl (C=O) groups is 1. The van der Waals surface area contributed by atoms with Crippen molar-refractivity contribution in [3.05, 3.63) is 50.7 Å². The summed E-state index contributed by atoms with van der Waals surface area (Å²) in [6.45, 7) is 0. The summed E-state index contributed by atoms with van der Waals surface area (Å²) in [5.41, 5.74) is 6.61. The zero-order valence-corrected chi connectivity index (χ0v) is 12.1. The average Bonchev–Trinajstić information content (AvgIpc) is 2.35. The van der Waals surface area contributed by atoms with Crippen LogP contribution < -0.4 is 11.1 Å². The zero-order chi connectivity index (χ0) is 13.1. The molecule has 1 amide bonds. The van der Waals surface area contributed by atoms with Crippen LogP contribution in [0.5, 0.6) is 0 Å². The molecule has 3 N–H and O–H groups in total. The molecule has 0 aliphatic rings. The molecule has 18 heavy (non-hydrogen) atoms. The SMILES string of the molecule is Nc1ncc(C(=O)Nc2ccccc2I)cc1Cl. The van der Waals surface area contributed by atoms with Crippen LogP contribution in [0.3, 0.4) is 0 Å². The van der Waals surface area contributed by atoms with E-state index in [1.165, 1.54) is 12.3 Å². The minimum Gasteiger partial charge on any atom is -0.382 e. The Morgan fingerprint density at radius 3 is 2.78 bits per heavy atom. The number of amides is 1. The Bertz CT molecular complexity index is 604. The number of pyridine rings is 1. The summed E-state index contributed by atoms with van der Waals surface area (Å²) >= 11 is 7.97. The molecule has 0 saturated heterocycles. The van der Waals surface area contributed by atoms with Gasteiger partial charge >= 0.3 is 0 Å². The maximum absolute atomic E-state index is 12.0. The molecule has 0 radical (unpaired) electrons. The summed E-state index contributed by atoms with van der Waals surface area (Å²) in [5.74, 6) is -0.0592. The molecule has 6 heteroatoms. The third-order valence-electron chi connectivity index (χ3n) is 2.25. The molecule has 0 bridgehead atoms. The van der Waals surface area contributed by atoms with Crippen molar-refractivity contribution < 1.29 is 4.79 Å². The lowest BCUT2D eigenvalue weighted by molar-refractivity contribution is 0.102. The van der Waals surface area contributed by atoms with Gasteiger partial charge < -0.3 is 11.1 Å². The predicted octanol–water partition coefficient (Wildman–Crippen LogP) is 3.17. The van der Waals surface area contributed by atoms with Crippen LogP contribution in [0.4, 0.5) is 11.5 Å². The molecule has 1 aromatic heterocycles. The fraction of sp³-hybridized carbons (Fsp3) is 0. The summed E-state index contributed by atoms with van der Waals surface area (Å²) in [6, 6.07) is 8.98. The maximum atomic E-state index is 12.0. The summed E-state index contributed by atoms with van der Waals surface area (Å²) in [7, 11) is 0. The fourth-order valence-corrected chi connectivity index (χ4v) is 2.02. The van der Waals surface area contributed by atoms with Gasteiger partial charge in [0.2, 0.25) is 0 Å². The van der Waals surface area contributed by atoms with Crippen molar-refractivity contribution in [2.24, 2.45) is 0 Å². The normalized spacial score (nSPS) is 10.1. The van der Waals surface area contributed by atoms with E-state index in [1.54, 1.807) is 0 Å². The first kappa shape index (κ1) is 13.1. The van der Waals surface area contributed by atoms with Gasteiger partial charge in [0.15, 0.2) is 0 Å². The van der Waals surface area contributed by atoms with E-state index in [0.717, 1.165) is 9.26 Å². The quantitative estimate of drug-likeness (QED) is 0.795. The van der Waals surface area contributed by atoms with Crippen LogP contribution in [-0.4, -0.2) is 10.9 Å². The van der Waals surface area contributed by atoms with Crippen LogP contribution in [0, 0.1) is 3.57 Å². The highest BCUT2D eigenvalue weighted by Crippen LogP contribution is 2.20. The molecule has 0 atom stereocenters. The third kappa shape index (κ3) is 2.91. The number of nitrogens with two attached hydrogens (primary N) is 1. The number of anilines is 2. The summed E-state index contributed by atoms with van der Waals surface area (Å²) in [5, 5.41) is 3.06. The molecule has 0 fully saturated rings. The van der Waals surface area contributed by atoms with Crippen molar-refractivity contribution >= 4 is 51.6 Å². The van der Waals surface area contributed by atoms with Gasteiger partial charge in [-0.05, 0) is 40.8 Å². The molecule has 0 spiro atoms. The Morgan fingerprint density at radius 2 is 2.11 bits per heavy atom. The van der Waals surface area contributed by atoms with E-state index in [2.05, 4.69) is 32.9 Å². The number of nitrogen functional groups attached to an aromatic ring is 1. The fourth-order valence-electron chi connectivity index (χ4n) is 1.33. The van der Waals surface area contributed by atoms with Gasteiger partial charge in [0.1, 0.15) is 5.82 Å². The second-order valence-electron chi connectivity index (χ2n) is 3.53. The third-order valence-corrected chi connectivity index (χ3v) is 3.50. The van der Waals surface area contributed by atoms with Gasteiger partial charge in [-0.1, -0.05) is 23.7 Å². The van der Waals surface area contributed by atoms with Crippen LogP contribution in [0.2, 0.25) is 5.02 Å². The van der Waals surface area contributed by atoms with Gasteiger partial charge in [-0.15, -0.1) is 0 Å². The molecular formula is C12H9ClIN3O. The summed E-state index contributed by atoms with van der Waals surface area (Å²) in [6.07, 6.45) is 1.40. The topological polar surface area (TPSA) is 68.0 Å². The minimum atomic E-state index is -0.270. The Kier molecular flexibility index (Phi) is 4.03. The molecule has 4 nitrogen and oxygen atoms in total. The van der Waals surface area contributed by atoms with E-state index in [0.29, 0.717) is 5.56 Å². The van der Waals surface area contributed by atoms with Gasteiger partial charge in [0, 0.05) is 9.77 Å². The van der Waals surface area contributed by atoms with E-state index >= 15 is 0 Å². The molecule has 2 rings (SSSR count). The zero-order valence-electron chi connectivity index (χ0n) is 9.15. The lowest BCUT2D eigenvalue weighted by Crippen LogP contribution is -2.13. The number of nitrogens with one attached hydrogen (secondary N) is 1. The summed E-state index contributed by atoms with van der Waals surface area (Å²) < 4.78 is 0.956. The van der Waals surface area contributed by atoms with Crippen molar-refractivity contribution in [3.63, 3.8) is 0 Å². The first-order chi connectivity index (χ1) is 8.58. The number of halogens is 2. The smallest absolute Gasteiger partial charge is 0.257 e. The molecule has 0 aliphatic heterocycles. The molecular weight excluding hydrogens is 365 g/mol. The molecule has 0 saturated carbocycles. The van der Waals surface area contributed by atoms with E-state index in [1.807, 2.05) is 24.3 Å². The highest BCUT2D eigenvalue weighted by Gasteiger charge is 2.10. The monoisotopic (exact) mass is 373 g/mol. The number of rotatable bonds is 2. The van der Waals surface area contributed by atoms with Crippen molar-refractivity contribution in [2.75, 3.05) is 11.1 Å².